The Bertz CT molecular complexity index is 402. The first-order chi connectivity index (χ1) is 7.75. The fraction of sp³-hybridized carbons (Fsp3) is 0.636. The van der Waals surface area contributed by atoms with Crippen LogP contribution in [0.4, 0.5) is 0 Å². The van der Waals surface area contributed by atoms with Crippen molar-refractivity contribution in [1.29, 1.82) is 0 Å². The van der Waals surface area contributed by atoms with E-state index in [2.05, 4.69) is 10.3 Å². The smallest absolute Gasteiger partial charge is 0.289 e. The van der Waals surface area contributed by atoms with Crippen LogP contribution in [0, 0.1) is 11.8 Å². The molecule has 0 unspecified atom stereocenters. The van der Waals surface area contributed by atoms with Gasteiger partial charge >= 0.3 is 0 Å². The summed E-state index contributed by atoms with van der Waals surface area (Å²) in [7, 11) is 1.86. The molecule has 2 aliphatic heterocycles. The van der Waals surface area contributed by atoms with Crippen LogP contribution in [0.25, 0.3) is 0 Å². The number of amides is 1. The van der Waals surface area contributed by atoms with Crippen molar-refractivity contribution < 1.29 is 4.79 Å². The van der Waals surface area contributed by atoms with E-state index in [1.165, 1.54) is 0 Å². The van der Waals surface area contributed by atoms with Gasteiger partial charge in [0.05, 0.1) is 0 Å². The van der Waals surface area contributed by atoms with Crippen LogP contribution >= 0.6 is 0 Å². The molecule has 0 bridgehead atoms. The first-order valence-corrected chi connectivity index (χ1v) is 5.73. The maximum atomic E-state index is 12.2. The zero-order chi connectivity index (χ0) is 11.1. The molecule has 1 aromatic heterocycles. The molecule has 86 valence electrons. The molecule has 0 radical (unpaired) electrons. The van der Waals surface area contributed by atoms with E-state index in [1.807, 2.05) is 18.1 Å². The van der Waals surface area contributed by atoms with Gasteiger partial charge in [-0.25, -0.2) is 4.98 Å². The normalized spacial score (nSPS) is 28.4. The molecule has 5 heteroatoms. The second-order valence-electron chi connectivity index (χ2n) is 4.75. The van der Waals surface area contributed by atoms with Crippen molar-refractivity contribution >= 4 is 5.91 Å². The highest BCUT2D eigenvalue weighted by Gasteiger charge is 2.38. The van der Waals surface area contributed by atoms with Gasteiger partial charge in [-0.15, -0.1) is 0 Å². The van der Waals surface area contributed by atoms with Gasteiger partial charge in [0.15, 0.2) is 5.82 Å². The summed E-state index contributed by atoms with van der Waals surface area (Å²) in [6, 6.07) is 0. The number of carbonyl (C=O) groups excluding carboxylic acids is 1. The van der Waals surface area contributed by atoms with Gasteiger partial charge in [-0.3, -0.25) is 4.79 Å². The van der Waals surface area contributed by atoms with Crippen molar-refractivity contribution in [2.24, 2.45) is 18.9 Å². The molecule has 1 aromatic rings. The highest BCUT2D eigenvalue weighted by atomic mass is 16.2. The van der Waals surface area contributed by atoms with Crippen LogP contribution in [0.3, 0.4) is 0 Å². The molecule has 3 rings (SSSR count). The first kappa shape index (κ1) is 9.84. The number of nitrogens with zero attached hydrogens (tertiary/aromatic N) is 3. The molecular formula is C11H16N4O. The highest BCUT2D eigenvalue weighted by Crippen LogP contribution is 2.26. The summed E-state index contributed by atoms with van der Waals surface area (Å²) < 4.78 is 1.79. The SMILES string of the molecule is Cn1ccnc1C(=O)N1C[C@H]2CNC[C@H]2C1. The fourth-order valence-corrected chi connectivity index (χ4v) is 2.73. The van der Waals surface area contributed by atoms with Gasteiger partial charge in [0, 0.05) is 45.6 Å². The molecule has 0 aliphatic carbocycles. The number of aryl methyl sites for hydroxylation is 1. The second-order valence-corrected chi connectivity index (χ2v) is 4.75. The molecule has 2 aliphatic rings. The molecule has 0 aromatic carbocycles. The number of rotatable bonds is 1. The van der Waals surface area contributed by atoms with Crippen LogP contribution in [0.15, 0.2) is 12.4 Å². The molecular weight excluding hydrogens is 204 g/mol. The van der Waals surface area contributed by atoms with Gasteiger partial charge in [0.2, 0.25) is 0 Å². The van der Waals surface area contributed by atoms with Gasteiger partial charge < -0.3 is 14.8 Å². The van der Waals surface area contributed by atoms with Crippen LogP contribution in [0.2, 0.25) is 0 Å². The number of nitrogens with one attached hydrogen (secondary N) is 1. The van der Waals surface area contributed by atoms with Crippen LogP contribution in [0.1, 0.15) is 10.6 Å². The standard InChI is InChI=1S/C11H16N4O/c1-14-3-2-13-10(14)11(16)15-6-8-4-12-5-9(8)7-15/h2-3,8-9,12H,4-7H2,1H3/t8-,9+. The largest absolute Gasteiger partial charge is 0.335 e. The highest BCUT2D eigenvalue weighted by molar-refractivity contribution is 5.91. The minimum absolute atomic E-state index is 0.0712. The molecule has 2 atom stereocenters. The Balaban J connectivity index is 1.75. The van der Waals surface area contributed by atoms with Gasteiger partial charge in [0.1, 0.15) is 0 Å². The van der Waals surface area contributed by atoms with E-state index in [0.29, 0.717) is 17.7 Å². The monoisotopic (exact) mass is 220 g/mol. The van der Waals surface area contributed by atoms with Crippen molar-refractivity contribution in [2.45, 2.75) is 0 Å². The third-order valence-corrected chi connectivity index (χ3v) is 3.69. The predicted molar refractivity (Wildman–Crippen MR) is 59.0 cm³/mol. The van der Waals surface area contributed by atoms with Gasteiger partial charge in [-0.2, -0.15) is 0 Å². The Morgan fingerprint density at radius 1 is 1.44 bits per heavy atom. The number of hydrogen-bond acceptors (Lipinski definition) is 3. The summed E-state index contributed by atoms with van der Waals surface area (Å²) >= 11 is 0. The minimum atomic E-state index is 0.0712. The Morgan fingerprint density at radius 2 is 2.12 bits per heavy atom. The average Bonchev–Trinajstić information content (AvgIpc) is 2.89. The molecule has 3 heterocycles. The van der Waals surface area contributed by atoms with Crippen molar-refractivity contribution in [3.8, 4) is 0 Å². The summed E-state index contributed by atoms with van der Waals surface area (Å²) in [6.45, 7) is 3.86. The number of likely N-dealkylation sites (tertiary alicyclic amines) is 1. The number of carbonyl (C=O) groups is 1. The zero-order valence-electron chi connectivity index (χ0n) is 9.39. The van der Waals surface area contributed by atoms with Gasteiger partial charge in [-0.1, -0.05) is 0 Å². The molecule has 0 spiro atoms. The second kappa shape index (κ2) is 3.59. The zero-order valence-corrected chi connectivity index (χ0v) is 9.39. The lowest BCUT2D eigenvalue weighted by molar-refractivity contribution is 0.0766. The van der Waals surface area contributed by atoms with Crippen molar-refractivity contribution in [3.63, 3.8) is 0 Å². The summed E-state index contributed by atoms with van der Waals surface area (Å²) in [5.74, 6) is 1.91. The number of hydrogen-bond donors (Lipinski definition) is 1. The Morgan fingerprint density at radius 3 is 2.69 bits per heavy atom. The fourth-order valence-electron chi connectivity index (χ4n) is 2.73. The summed E-state index contributed by atoms with van der Waals surface area (Å²) in [5.41, 5.74) is 0. The first-order valence-electron chi connectivity index (χ1n) is 5.73. The molecule has 2 saturated heterocycles. The maximum Gasteiger partial charge on any atom is 0.289 e. The average molecular weight is 220 g/mol. The van der Waals surface area contributed by atoms with Crippen LogP contribution in [-0.4, -0.2) is 46.5 Å². The quantitative estimate of drug-likeness (QED) is 0.707. The van der Waals surface area contributed by atoms with Crippen molar-refractivity contribution in [2.75, 3.05) is 26.2 Å². The van der Waals surface area contributed by atoms with E-state index in [9.17, 15) is 4.79 Å². The summed E-state index contributed by atoms with van der Waals surface area (Å²) in [5, 5.41) is 3.37. The molecule has 16 heavy (non-hydrogen) atoms. The predicted octanol–water partition coefficient (Wildman–Crippen LogP) is -0.289. The summed E-state index contributed by atoms with van der Waals surface area (Å²) in [4.78, 5) is 18.2. The number of fused-ring (bicyclic) bond motifs is 1. The Labute approximate surface area is 94.4 Å². The lowest BCUT2D eigenvalue weighted by Crippen LogP contribution is -2.33. The van der Waals surface area contributed by atoms with Gasteiger partial charge in [-0.05, 0) is 11.8 Å². The van der Waals surface area contributed by atoms with E-state index in [4.69, 9.17) is 0 Å². The van der Waals surface area contributed by atoms with Gasteiger partial charge in [0.25, 0.3) is 5.91 Å². The third-order valence-electron chi connectivity index (χ3n) is 3.69. The van der Waals surface area contributed by atoms with Crippen molar-refractivity contribution in [3.05, 3.63) is 18.2 Å². The van der Waals surface area contributed by atoms with Crippen molar-refractivity contribution in [1.82, 2.24) is 19.8 Å². The Kier molecular flexibility index (Phi) is 2.21. The summed E-state index contributed by atoms with van der Waals surface area (Å²) in [6.07, 6.45) is 3.48. The molecule has 5 nitrogen and oxygen atoms in total. The number of aromatic nitrogens is 2. The Hall–Kier alpha value is -1.36. The van der Waals surface area contributed by atoms with Crippen LogP contribution < -0.4 is 5.32 Å². The molecule has 1 amide bonds. The van der Waals surface area contributed by atoms with Crippen LogP contribution in [-0.2, 0) is 7.05 Å². The maximum absolute atomic E-state index is 12.2. The number of imidazole rings is 1. The lowest BCUT2D eigenvalue weighted by atomic mass is 10.0. The van der Waals surface area contributed by atoms with E-state index >= 15 is 0 Å². The molecule has 0 saturated carbocycles. The minimum Gasteiger partial charge on any atom is -0.335 e. The van der Waals surface area contributed by atoms with E-state index < -0.39 is 0 Å². The van der Waals surface area contributed by atoms with Crippen LogP contribution in [0.5, 0.6) is 0 Å². The third kappa shape index (κ3) is 1.43. The lowest BCUT2D eigenvalue weighted by Gasteiger charge is -2.16. The molecule has 2 fully saturated rings. The van der Waals surface area contributed by atoms with E-state index in [0.717, 1.165) is 26.2 Å². The molecule has 1 N–H and O–H groups in total. The van der Waals surface area contributed by atoms with E-state index in [1.54, 1.807) is 10.8 Å². The topological polar surface area (TPSA) is 50.2 Å². The van der Waals surface area contributed by atoms with E-state index in [-0.39, 0.29) is 5.91 Å².